The Labute approximate surface area is 133 Å². The third kappa shape index (κ3) is 3.78. The van der Waals surface area contributed by atoms with Crippen LogP contribution in [0.4, 0.5) is 5.95 Å². The predicted octanol–water partition coefficient (Wildman–Crippen LogP) is 2.06. The van der Waals surface area contributed by atoms with E-state index in [-0.39, 0.29) is 12.0 Å². The first-order chi connectivity index (χ1) is 11.2. The van der Waals surface area contributed by atoms with Gasteiger partial charge in [0.15, 0.2) is 5.82 Å². The Morgan fingerprint density at radius 3 is 2.61 bits per heavy atom. The first-order valence-electron chi connectivity index (χ1n) is 7.12. The summed E-state index contributed by atoms with van der Waals surface area (Å²) in [6, 6.07) is 13.3. The van der Waals surface area contributed by atoms with Crippen molar-refractivity contribution in [3.05, 3.63) is 59.8 Å². The second-order valence-electron chi connectivity index (χ2n) is 4.92. The number of anilines is 1. The molecule has 7 nitrogen and oxygen atoms in total. The molecule has 0 amide bonds. The van der Waals surface area contributed by atoms with E-state index in [1.165, 1.54) is 0 Å². The first kappa shape index (κ1) is 14.9. The van der Waals surface area contributed by atoms with Crippen molar-refractivity contribution in [2.45, 2.75) is 13.5 Å². The summed E-state index contributed by atoms with van der Waals surface area (Å²) in [7, 11) is 0. The lowest BCUT2D eigenvalue weighted by Gasteiger charge is -2.09. The molecular weight excluding hydrogens is 292 g/mol. The fourth-order valence-corrected chi connectivity index (χ4v) is 2.07. The van der Waals surface area contributed by atoms with Gasteiger partial charge in [-0.05, 0) is 24.1 Å². The fraction of sp³-hybridized carbons (Fsp3) is 0.125. The van der Waals surface area contributed by atoms with Crippen LogP contribution < -0.4 is 10.9 Å². The van der Waals surface area contributed by atoms with E-state index in [0.29, 0.717) is 18.1 Å². The van der Waals surface area contributed by atoms with Gasteiger partial charge in [0.25, 0.3) is 0 Å². The summed E-state index contributed by atoms with van der Waals surface area (Å²) >= 11 is 0. The van der Waals surface area contributed by atoms with Crippen LogP contribution in [0, 0.1) is 6.92 Å². The molecule has 0 atom stereocenters. The summed E-state index contributed by atoms with van der Waals surface area (Å²) in [5, 5.41) is 9.70. The fourth-order valence-electron chi connectivity index (χ4n) is 2.07. The van der Waals surface area contributed by atoms with Crippen LogP contribution in [0.2, 0.25) is 0 Å². The minimum absolute atomic E-state index is 0.230. The highest BCUT2D eigenvalue weighted by Crippen LogP contribution is 2.18. The van der Waals surface area contributed by atoms with Crippen molar-refractivity contribution in [3.8, 4) is 17.5 Å². The standard InChI is InChI=1S/C16H16N6O/c1-11-6-5-9-17-13(11)14-19-15(21-16(23)20-14)22-18-10-12-7-3-2-4-8-12/h2-9,18H,10H2,1H3,(H2,19,20,21,22,23). The molecule has 2 heterocycles. The molecule has 1 aromatic carbocycles. The molecule has 0 aliphatic heterocycles. The van der Waals surface area contributed by atoms with Gasteiger partial charge in [0.1, 0.15) is 5.69 Å². The van der Waals surface area contributed by atoms with Gasteiger partial charge >= 0.3 is 6.01 Å². The number of rotatable bonds is 5. The van der Waals surface area contributed by atoms with Gasteiger partial charge < -0.3 is 5.11 Å². The number of aryl methyl sites for hydroxylation is 1. The molecule has 0 aliphatic rings. The Kier molecular flexibility index (Phi) is 4.39. The zero-order valence-electron chi connectivity index (χ0n) is 12.6. The van der Waals surface area contributed by atoms with Crippen LogP contribution in [0.1, 0.15) is 11.1 Å². The first-order valence-corrected chi connectivity index (χ1v) is 7.12. The van der Waals surface area contributed by atoms with Crippen LogP contribution in [0.25, 0.3) is 11.5 Å². The van der Waals surface area contributed by atoms with Gasteiger partial charge in [-0.15, -0.1) is 0 Å². The number of benzene rings is 1. The van der Waals surface area contributed by atoms with Crippen LogP contribution in [0.3, 0.4) is 0 Å². The van der Waals surface area contributed by atoms with Gasteiger partial charge in [-0.25, -0.2) is 5.43 Å². The van der Waals surface area contributed by atoms with Crippen molar-refractivity contribution in [2.75, 3.05) is 5.43 Å². The van der Waals surface area contributed by atoms with Crippen LogP contribution in [0.15, 0.2) is 48.7 Å². The van der Waals surface area contributed by atoms with Crippen molar-refractivity contribution in [1.29, 1.82) is 0 Å². The van der Waals surface area contributed by atoms with E-state index in [2.05, 4.69) is 30.8 Å². The predicted molar refractivity (Wildman–Crippen MR) is 86.4 cm³/mol. The summed E-state index contributed by atoms with van der Waals surface area (Å²) < 4.78 is 0. The quantitative estimate of drug-likeness (QED) is 0.621. The molecular formula is C16H16N6O. The number of hydrogen-bond acceptors (Lipinski definition) is 7. The smallest absolute Gasteiger partial charge is 0.319 e. The molecule has 23 heavy (non-hydrogen) atoms. The second kappa shape index (κ2) is 6.80. The summed E-state index contributed by atoms with van der Waals surface area (Å²) in [6.07, 6.45) is 1.66. The maximum Gasteiger partial charge on any atom is 0.319 e. The molecule has 3 rings (SSSR count). The maximum absolute atomic E-state index is 9.70. The Morgan fingerprint density at radius 1 is 1.00 bits per heavy atom. The Hall–Kier alpha value is -3.06. The largest absolute Gasteiger partial charge is 0.479 e. The summed E-state index contributed by atoms with van der Waals surface area (Å²) in [5.74, 6) is 0.549. The number of aromatic nitrogens is 4. The van der Waals surface area contributed by atoms with Crippen LogP contribution >= 0.6 is 0 Å². The minimum Gasteiger partial charge on any atom is -0.479 e. The van der Waals surface area contributed by atoms with E-state index in [9.17, 15) is 5.11 Å². The highest BCUT2D eigenvalue weighted by atomic mass is 16.3. The van der Waals surface area contributed by atoms with Crippen LogP contribution in [-0.2, 0) is 6.54 Å². The van der Waals surface area contributed by atoms with E-state index < -0.39 is 0 Å². The number of aromatic hydroxyl groups is 1. The Morgan fingerprint density at radius 2 is 1.83 bits per heavy atom. The molecule has 0 unspecified atom stereocenters. The van der Waals surface area contributed by atoms with E-state index in [1.54, 1.807) is 6.20 Å². The highest BCUT2D eigenvalue weighted by molar-refractivity contribution is 5.55. The molecule has 0 aliphatic carbocycles. The number of pyridine rings is 1. The number of hydrazine groups is 1. The molecule has 3 aromatic rings. The molecule has 0 radical (unpaired) electrons. The third-order valence-electron chi connectivity index (χ3n) is 3.18. The molecule has 0 saturated carbocycles. The summed E-state index contributed by atoms with van der Waals surface area (Å²) in [4.78, 5) is 16.3. The lowest BCUT2D eigenvalue weighted by molar-refractivity contribution is 0.429. The maximum atomic E-state index is 9.70. The molecule has 0 saturated heterocycles. The minimum atomic E-state index is -0.357. The summed E-state index contributed by atoms with van der Waals surface area (Å²) in [5.41, 5.74) is 8.50. The number of nitrogens with one attached hydrogen (secondary N) is 2. The molecule has 3 N–H and O–H groups in total. The van der Waals surface area contributed by atoms with E-state index in [1.807, 2.05) is 49.4 Å². The number of nitrogens with zero attached hydrogens (tertiary/aromatic N) is 4. The SMILES string of the molecule is Cc1cccnc1-c1nc(O)nc(NNCc2ccccc2)n1. The average molecular weight is 308 g/mol. The van der Waals surface area contributed by atoms with Gasteiger partial charge in [0, 0.05) is 12.7 Å². The topological polar surface area (TPSA) is 95.9 Å². The third-order valence-corrected chi connectivity index (χ3v) is 3.18. The van der Waals surface area contributed by atoms with Crippen LogP contribution in [-0.4, -0.2) is 25.0 Å². The van der Waals surface area contributed by atoms with Gasteiger partial charge in [0.05, 0.1) is 0 Å². The molecule has 2 aromatic heterocycles. The Balaban J connectivity index is 1.74. The van der Waals surface area contributed by atoms with Gasteiger partial charge in [-0.3, -0.25) is 10.4 Å². The molecule has 7 heteroatoms. The molecule has 0 bridgehead atoms. The van der Waals surface area contributed by atoms with Crippen molar-refractivity contribution in [1.82, 2.24) is 25.4 Å². The normalized spacial score (nSPS) is 10.5. The summed E-state index contributed by atoms with van der Waals surface area (Å²) in [6.45, 7) is 2.50. The second-order valence-corrected chi connectivity index (χ2v) is 4.92. The van der Waals surface area contributed by atoms with E-state index in [0.717, 1.165) is 11.1 Å². The van der Waals surface area contributed by atoms with Gasteiger partial charge in [-0.2, -0.15) is 15.0 Å². The van der Waals surface area contributed by atoms with Crippen molar-refractivity contribution in [2.24, 2.45) is 0 Å². The van der Waals surface area contributed by atoms with Gasteiger partial charge in [0.2, 0.25) is 5.95 Å². The highest BCUT2D eigenvalue weighted by Gasteiger charge is 2.10. The van der Waals surface area contributed by atoms with Gasteiger partial charge in [-0.1, -0.05) is 36.4 Å². The molecule has 0 fully saturated rings. The Bertz CT molecular complexity index is 794. The monoisotopic (exact) mass is 308 g/mol. The number of hydrogen-bond donors (Lipinski definition) is 3. The van der Waals surface area contributed by atoms with E-state index in [4.69, 9.17) is 0 Å². The lowest BCUT2D eigenvalue weighted by atomic mass is 10.2. The van der Waals surface area contributed by atoms with E-state index >= 15 is 0 Å². The zero-order chi connectivity index (χ0) is 16.1. The van der Waals surface area contributed by atoms with Crippen molar-refractivity contribution < 1.29 is 5.11 Å². The van der Waals surface area contributed by atoms with Crippen LogP contribution in [0.5, 0.6) is 6.01 Å². The zero-order valence-corrected chi connectivity index (χ0v) is 12.6. The average Bonchev–Trinajstić information content (AvgIpc) is 2.56. The van der Waals surface area contributed by atoms with Crippen molar-refractivity contribution in [3.63, 3.8) is 0 Å². The molecule has 116 valence electrons. The van der Waals surface area contributed by atoms with Crippen molar-refractivity contribution >= 4 is 5.95 Å². The lowest BCUT2D eigenvalue weighted by Crippen LogP contribution is -2.22. The molecule has 0 spiro atoms.